The van der Waals surface area contributed by atoms with E-state index in [-0.39, 0.29) is 17.9 Å². The zero-order valence-corrected chi connectivity index (χ0v) is 16.9. The zero-order chi connectivity index (χ0) is 20.9. The van der Waals surface area contributed by atoms with Crippen molar-refractivity contribution in [2.24, 2.45) is 0 Å². The smallest absolute Gasteiger partial charge is 0.255 e. The number of aromatic nitrogens is 1. The van der Waals surface area contributed by atoms with Gasteiger partial charge in [0.25, 0.3) is 5.91 Å². The third-order valence-corrected chi connectivity index (χ3v) is 4.60. The first-order valence-electron chi connectivity index (χ1n) is 9.56. The van der Waals surface area contributed by atoms with E-state index in [4.69, 9.17) is 4.74 Å². The first kappa shape index (κ1) is 20.6. The minimum atomic E-state index is -0.751. The Kier molecular flexibility index (Phi) is 6.29. The molecule has 3 rings (SSSR count). The molecule has 5 nitrogen and oxygen atoms in total. The molecule has 0 aliphatic carbocycles. The van der Waals surface area contributed by atoms with E-state index in [1.165, 1.54) is 5.56 Å². The maximum Gasteiger partial charge on any atom is 0.255 e. The molecule has 1 amide bonds. The van der Waals surface area contributed by atoms with Crippen LogP contribution in [0.1, 0.15) is 48.4 Å². The summed E-state index contributed by atoms with van der Waals surface area (Å²) in [5.41, 5.74) is 3.22. The van der Waals surface area contributed by atoms with Crippen molar-refractivity contribution in [3.8, 4) is 5.75 Å². The molecule has 1 atom stereocenters. The van der Waals surface area contributed by atoms with Gasteiger partial charge in [0.2, 0.25) is 0 Å². The quantitative estimate of drug-likeness (QED) is 0.637. The average Bonchev–Trinajstić information content (AvgIpc) is 2.73. The highest BCUT2D eigenvalue weighted by Crippen LogP contribution is 2.23. The van der Waals surface area contributed by atoms with Crippen molar-refractivity contribution in [3.05, 3.63) is 89.7 Å². The van der Waals surface area contributed by atoms with Gasteiger partial charge in [-0.1, -0.05) is 39.0 Å². The molecule has 2 aromatic carbocycles. The fraction of sp³-hybridized carbons (Fsp3) is 0.250. The molecule has 0 spiro atoms. The Morgan fingerprint density at radius 1 is 1.07 bits per heavy atom. The highest BCUT2D eigenvalue weighted by atomic mass is 16.5. The number of aliphatic hydroxyl groups is 1. The van der Waals surface area contributed by atoms with Gasteiger partial charge in [0, 0.05) is 29.2 Å². The molecule has 0 saturated heterocycles. The number of anilines is 1. The highest BCUT2D eigenvalue weighted by molar-refractivity contribution is 6.04. The minimum Gasteiger partial charge on any atom is -0.491 e. The molecule has 0 aliphatic rings. The Hall–Kier alpha value is -3.18. The molecule has 5 heteroatoms. The summed E-state index contributed by atoms with van der Waals surface area (Å²) in [5, 5.41) is 13.0. The monoisotopic (exact) mass is 390 g/mol. The zero-order valence-electron chi connectivity index (χ0n) is 16.9. The first-order valence-corrected chi connectivity index (χ1v) is 9.56. The van der Waals surface area contributed by atoms with Gasteiger partial charge in [-0.05, 0) is 53.4 Å². The van der Waals surface area contributed by atoms with Crippen LogP contribution in [0.25, 0.3) is 0 Å². The number of pyridine rings is 1. The molecular formula is C24H26N2O3. The number of ether oxygens (including phenoxy) is 1. The topological polar surface area (TPSA) is 71.5 Å². The van der Waals surface area contributed by atoms with Gasteiger partial charge in [-0.25, -0.2) is 0 Å². The third-order valence-electron chi connectivity index (χ3n) is 4.60. The second-order valence-corrected chi connectivity index (χ2v) is 7.92. The van der Waals surface area contributed by atoms with Gasteiger partial charge in [0.05, 0.1) is 0 Å². The van der Waals surface area contributed by atoms with E-state index in [2.05, 4.69) is 31.1 Å². The van der Waals surface area contributed by atoms with E-state index in [1.54, 1.807) is 48.8 Å². The summed E-state index contributed by atoms with van der Waals surface area (Å²) in [7, 11) is 0. The third kappa shape index (κ3) is 5.65. The van der Waals surface area contributed by atoms with Gasteiger partial charge in [-0.15, -0.1) is 0 Å². The van der Waals surface area contributed by atoms with Crippen LogP contribution in [-0.4, -0.2) is 22.6 Å². The number of amides is 1. The van der Waals surface area contributed by atoms with Gasteiger partial charge in [-0.3, -0.25) is 9.78 Å². The van der Waals surface area contributed by atoms with Crippen LogP contribution >= 0.6 is 0 Å². The molecule has 3 aromatic rings. The second kappa shape index (κ2) is 8.88. The minimum absolute atomic E-state index is 0.0510. The summed E-state index contributed by atoms with van der Waals surface area (Å²) >= 11 is 0. The van der Waals surface area contributed by atoms with Crippen LogP contribution in [0.4, 0.5) is 5.69 Å². The van der Waals surface area contributed by atoms with E-state index in [0.29, 0.717) is 22.6 Å². The fourth-order valence-electron chi connectivity index (χ4n) is 2.80. The highest BCUT2D eigenvalue weighted by Gasteiger charge is 2.14. The van der Waals surface area contributed by atoms with Gasteiger partial charge < -0.3 is 15.2 Å². The molecule has 29 heavy (non-hydrogen) atoms. The molecule has 0 saturated carbocycles. The van der Waals surface area contributed by atoms with Crippen LogP contribution in [0.2, 0.25) is 0 Å². The van der Waals surface area contributed by atoms with Crippen molar-refractivity contribution >= 4 is 11.6 Å². The second-order valence-electron chi connectivity index (χ2n) is 7.92. The number of hydrogen-bond acceptors (Lipinski definition) is 4. The predicted molar refractivity (Wildman–Crippen MR) is 114 cm³/mol. The maximum atomic E-state index is 12.5. The summed E-state index contributed by atoms with van der Waals surface area (Å²) in [6.45, 7) is 6.54. The fourth-order valence-corrected chi connectivity index (χ4v) is 2.80. The molecule has 2 N–H and O–H groups in total. The summed E-state index contributed by atoms with van der Waals surface area (Å²) in [6.07, 6.45) is 2.52. The van der Waals surface area contributed by atoms with Crippen LogP contribution in [0.15, 0.2) is 73.1 Å². The number of carbonyl (C=O) groups is 1. The molecule has 0 bridgehead atoms. The van der Waals surface area contributed by atoms with Gasteiger partial charge in [0.15, 0.2) is 0 Å². The molecule has 150 valence electrons. The van der Waals surface area contributed by atoms with E-state index < -0.39 is 6.10 Å². The first-order chi connectivity index (χ1) is 13.8. The molecular weight excluding hydrogens is 364 g/mol. The lowest BCUT2D eigenvalue weighted by Crippen LogP contribution is -2.14. The van der Waals surface area contributed by atoms with E-state index >= 15 is 0 Å². The number of hydrogen-bond donors (Lipinski definition) is 2. The number of nitrogens with zero attached hydrogens (tertiary/aromatic N) is 1. The van der Waals surface area contributed by atoms with Crippen molar-refractivity contribution in [1.82, 2.24) is 4.98 Å². The Morgan fingerprint density at radius 2 is 1.76 bits per heavy atom. The SMILES string of the molecule is CC(C)(C)c1ccc(C(=O)Nc2ccc(OCC(O)c3cccnc3)cc2)cc1. The van der Waals surface area contributed by atoms with Gasteiger partial charge >= 0.3 is 0 Å². The van der Waals surface area contributed by atoms with Gasteiger partial charge in [0.1, 0.15) is 18.5 Å². The largest absolute Gasteiger partial charge is 0.491 e. The van der Waals surface area contributed by atoms with Crippen molar-refractivity contribution in [2.45, 2.75) is 32.3 Å². The van der Waals surface area contributed by atoms with E-state index in [9.17, 15) is 9.90 Å². The Bertz CT molecular complexity index is 931. The summed E-state index contributed by atoms with van der Waals surface area (Å²) in [6, 6.07) is 18.3. The summed E-state index contributed by atoms with van der Waals surface area (Å²) in [4.78, 5) is 16.4. The normalized spacial score (nSPS) is 12.3. The van der Waals surface area contributed by atoms with Crippen molar-refractivity contribution in [1.29, 1.82) is 0 Å². The maximum absolute atomic E-state index is 12.5. The van der Waals surface area contributed by atoms with Crippen LogP contribution < -0.4 is 10.1 Å². The molecule has 1 aromatic heterocycles. The predicted octanol–water partition coefficient (Wildman–Crippen LogP) is 4.74. The van der Waals surface area contributed by atoms with Crippen molar-refractivity contribution < 1.29 is 14.6 Å². The number of rotatable bonds is 6. The van der Waals surface area contributed by atoms with Gasteiger partial charge in [-0.2, -0.15) is 0 Å². The summed E-state index contributed by atoms with van der Waals surface area (Å²) < 4.78 is 5.62. The lowest BCUT2D eigenvalue weighted by molar-refractivity contribution is 0.102. The van der Waals surface area contributed by atoms with Crippen LogP contribution in [0.5, 0.6) is 5.75 Å². The number of carbonyl (C=O) groups excluding carboxylic acids is 1. The number of aliphatic hydroxyl groups excluding tert-OH is 1. The Morgan fingerprint density at radius 3 is 2.34 bits per heavy atom. The molecule has 0 radical (unpaired) electrons. The summed E-state index contributed by atoms with van der Waals surface area (Å²) in [5.74, 6) is 0.451. The lowest BCUT2D eigenvalue weighted by atomic mass is 9.87. The Labute approximate surface area is 171 Å². The molecule has 1 heterocycles. The van der Waals surface area contributed by atoms with Crippen molar-refractivity contribution in [3.63, 3.8) is 0 Å². The Balaban J connectivity index is 1.55. The van der Waals surface area contributed by atoms with E-state index in [1.807, 2.05) is 24.3 Å². The molecule has 0 aliphatic heterocycles. The average molecular weight is 390 g/mol. The number of benzene rings is 2. The van der Waals surface area contributed by atoms with Crippen molar-refractivity contribution in [2.75, 3.05) is 11.9 Å². The van der Waals surface area contributed by atoms with Crippen LogP contribution in [0.3, 0.4) is 0 Å². The molecule has 0 fully saturated rings. The standard InChI is InChI=1S/C24H26N2O3/c1-24(2,3)19-8-6-17(7-9-19)23(28)26-20-10-12-21(13-11-20)29-16-22(27)18-5-4-14-25-15-18/h4-15,22,27H,16H2,1-3H3,(H,26,28). The van der Waals surface area contributed by atoms with E-state index in [0.717, 1.165) is 0 Å². The molecule has 1 unspecified atom stereocenters. The number of nitrogens with one attached hydrogen (secondary N) is 1. The lowest BCUT2D eigenvalue weighted by Gasteiger charge is -2.19. The van der Waals surface area contributed by atoms with Crippen LogP contribution in [0, 0.1) is 0 Å². The van der Waals surface area contributed by atoms with Crippen LogP contribution in [-0.2, 0) is 5.41 Å².